The van der Waals surface area contributed by atoms with Crippen LogP contribution in [0, 0.1) is 12.7 Å². The molecule has 0 bridgehead atoms. The summed E-state index contributed by atoms with van der Waals surface area (Å²) in [6.45, 7) is 3.20. The van der Waals surface area contributed by atoms with Crippen molar-refractivity contribution in [3.8, 4) is 0 Å². The van der Waals surface area contributed by atoms with Crippen molar-refractivity contribution < 1.29 is 18.7 Å². The molecule has 0 saturated carbocycles. The number of carbonyl (C=O) groups excluding carboxylic acids is 2. The molecule has 0 atom stereocenters. The average Bonchev–Trinajstić information content (AvgIpc) is 2.70. The summed E-state index contributed by atoms with van der Waals surface area (Å²) in [7, 11) is 0. The SMILES string of the molecule is Cc1ccc(NC(=O)C(=O)NCC2(c3ccc(F)cc3)CCOCC2)cc1Cl. The van der Waals surface area contributed by atoms with Crippen molar-refractivity contribution in [2.75, 3.05) is 25.1 Å². The molecule has 2 aromatic rings. The first kappa shape index (κ1) is 20.3. The Morgan fingerprint density at radius 1 is 1.11 bits per heavy atom. The summed E-state index contributed by atoms with van der Waals surface area (Å²) in [5.41, 5.74) is 1.86. The number of anilines is 1. The lowest BCUT2D eigenvalue weighted by molar-refractivity contribution is -0.136. The molecule has 1 fully saturated rings. The Morgan fingerprint density at radius 3 is 2.43 bits per heavy atom. The number of amides is 2. The van der Waals surface area contributed by atoms with E-state index >= 15 is 0 Å². The van der Waals surface area contributed by atoms with Crippen LogP contribution >= 0.6 is 11.6 Å². The largest absolute Gasteiger partial charge is 0.381 e. The summed E-state index contributed by atoms with van der Waals surface area (Å²) in [6.07, 6.45) is 1.35. The molecule has 2 N–H and O–H groups in total. The van der Waals surface area contributed by atoms with Crippen molar-refractivity contribution in [1.29, 1.82) is 0 Å². The maximum absolute atomic E-state index is 13.3. The molecule has 28 heavy (non-hydrogen) atoms. The lowest BCUT2D eigenvalue weighted by Gasteiger charge is -2.37. The number of aryl methyl sites for hydroxylation is 1. The standard InChI is InChI=1S/C21H22ClFN2O3/c1-14-2-7-17(12-18(14)22)25-20(27)19(26)24-13-21(8-10-28-11-9-21)15-3-5-16(23)6-4-15/h2-7,12H,8-11,13H2,1H3,(H,24,26)(H,25,27). The van der Waals surface area contributed by atoms with Crippen LogP contribution in [0.15, 0.2) is 42.5 Å². The van der Waals surface area contributed by atoms with Gasteiger partial charge in [0, 0.05) is 35.9 Å². The third-order valence-electron chi connectivity index (χ3n) is 5.13. The van der Waals surface area contributed by atoms with Crippen LogP contribution in [0.4, 0.5) is 10.1 Å². The van der Waals surface area contributed by atoms with Crippen molar-refractivity contribution in [1.82, 2.24) is 5.32 Å². The van der Waals surface area contributed by atoms with Gasteiger partial charge < -0.3 is 15.4 Å². The van der Waals surface area contributed by atoms with Crippen LogP contribution in [-0.2, 0) is 19.7 Å². The third kappa shape index (κ3) is 4.69. The van der Waals surface area contributed by atoms with Crippen LogP contribution in [-0.4, -0.2) is 31.6 Å². The van der Waals surface area contributed by atoms with E-state index < -0.39 is 17.2 Å². The first-order chi connectivity index (χ1) is 13.4. The van der Waals surface area contributed by atoms with Crippen LogP contribution in [0.3, 0.4) is 0 Å². The molecule has 0 aliphatic carbocycles. The Morgan fingerprint density at radius 2 is 1.79 bits per heavy atom. The average molecular weight is 405 g/mol. The maximum atomic E-state index is 13.3. The van der Waals surface area contributed by atoms with Crippen molar-refractivity contribution in [2.24, 2.45) is 0 Å². The van der Waals surface area contributed by atoms with Crippen molar-refractivity contribution in [2.45, 2.75) is 25.2 Å². The molecule has 0 aromatic heterocycles. The van der Waals surface area contributed by atoms with E-state index in [1.54, 1.807) is 30.3 Å². The summed E-state index contributed by atoms with van der Waals surface area (Å²) in [4.78, 5) is 24.5. The van der Waals surface area contributed by atoms with Crippen molar-refractivity contribution in [3.05, 3.63) is 64.4 Å². The van der Waals surface area contributed by atoms with E-state index in [1.807, 2.05) is 6.92 Å². The topological polar surface area (TPSA) is 67.4 Å². The van der Waals surface area contributed by atoms with E-state index in [2.05, 4.69) is 10.6 Å². The van der Waals surface area contributed by atoms with Gasteiger partial charge in [-0.3, -0.25) is 9.59 Å². The predicted octanol–water partition coefficient (Wildman–Crippen LogP) is 3.59. The van der Waals surface area contributed by atoms with Gasteiger partial charge in [-0.05, 0) is 55.2 Å². The highest BCUT2D eigenvalue weighted by Crippen LogP contribution is 2.34. The van der Waals surface area contributed by atoms with Crippen molar-refractivity contribution >= 4 is 29.1 Å². The lowest BCUT2D eigenvalue weighted by Crippen LogP contribution is -2.47. The second-order valence-corrected chi connectivity index (χ2v) is 7.41. The number of benzene rings is 2. The molecule has 2 aromatic carbocycles. The Kier molecular flexibility index (Phi) is 6.31. The number of nitrogens with one attached hydrogen (secondary N) is 2. The number of ether oxygens (including phenoxy) is 1. The first-order valence-electron chi connectivity index (χ1n) is 9.09. The zero-order chi connectivity index (χ0) is 20.1. The lowest BCUT2D eigenvalue weighted by atomic mass is 9.74. The minimum Gasteiger partial charge on any atom is -0.381 e. The van der Waals surface area contributed by atoms with E-state index in [0.717, 1.165) is 11.1 Å². The molecule has 0 radical (unpaired) electrons. The van der Waals surface area contributed by atoms with Crippen LogP contribution < -0.4 is 10.6 Å². The third-order valence-corrected chi connectivity index (χ3v) is 5.54. The molecule has 148 valence electrons. The molecule has 1 aliphatic rings. The summed E-state index contributed by atoms with van der Waals surface area (Å²) in [6, 6.07) is 11.3. The van der Waals surface area contributed by atoms with Crippen LogP contribution in [0.25, 0.3) is 0 Å². The summed E-state index contributed by atoms with van der Waals surface area (Å²) in [5, 5.41) is 5.78. The highest BCUT2D eigenvalue weighted by molar-refractivity contribution is 6.40. The second-order valence-electron chi connectivity index (χ2n) is 7.00. The highest BCUT2D eigenvalue weighted by atomic mass is 35.5. The fourth-order valence-electron chi connectivity index (χ4n) is 3.32. The van der Waals surface area contributed by atoms with Gasteiger partial charge in [-0.15, -0.1) is 0 Å². The van der Waals surface area contributed by atoms with Gasteiger partial charge >= 0.3 is 11.8 Å². The Balaban J connectivity index is 1.66. The van der Waals surface area contributed by atoms with Crippen LogP contribution in [0.5, 0.6) is 0 Å². The van der Waals surface area contributed by atoms with Gasteiger partial charge in [0.2, 0.25) is 0 Å². The van der Waals surface area contributed by atoms with E-state index in [-0.39, 0.29) is 12.4 Å². The highest BCUT2D eigenvalue weighted by Gasteiger charge is 2.35. The second kappa shape index (κ2) is 8.71. The van der Waals surface area contributed by atoms with Gasteiger partial charge in [0.25, 0.3) is 0 Å². The van der Waals surface area contributed by atoms with Gasteiger partial charge in [0.15, 0.2) is 0 Å². The molecule has 2 amide bonds. The predicted molar refractivity (Wildman–Crippen MR) is 106 cm³/mol. The normalized spacial score (nSPS) is 15.7. The summed E-state index contributed by atoms with van der Waals surface area (Å²) < 4.78 is 18.7. The van der Waals surface area contributed by atoms with Gasteiger partial charge in [0.05, 0.1) is 0 Å². The molecule has 7 heteroatoms. The smallest absolute Gasteiger partial charge is 0.313 e. The minimum absolute atomic E-state index is 0.267. The van der Waals surface area contributed by atoms with E-state index in [1.165, 1.54) is 12.1 Å². The number of hydrogen-bond acceptors (Lipinski definition) is 3. The van der Waals surface area contributed by atoms with Crippen LogP contribution in [0.2, 0.25) is 5.02 Å². The number of halogens is 2. The van der Waals surface area contributed by atoms with Gasteiger partial charge in [-0.2, -0.15) is 0 Å². The molecule has 1 aliphatic heterocycles. The Bertz CT molecular complexity index is 864. The molecule has 0 spiro atoms. The number of rotatable bonds is 4. The zero-order valence-electron chi connectivity index (χ0n) is 15.6. The van der Waals surface area contributed by atoms with Gasteiger partial charge in [-0.1, -0.05) is 29.8 Å². The van der Waals surface area contributed by atoms with Crippen molar-refractivity contribution in [3.63, 3.8) is 0 Å². The minimum atomic E-state index is -0.763. The van der Waals surface area contributed by atoms with E-state index in [9.17, 15) is 14.0 Å². The Labute approximate surface area is 168 Å². The summed E-state index contributed by atoms with van der Waals surface area (Å²) in [5.74, 6) is -1.81. The molecular formula is C21H22ClFN2O3. The fraction of sp³-hybridized carbons (Fsp3) is 0.333. The zero-order valence-corrected chi connectivity index (χ0v) is 16.3. The monoisotopic (exact) mass is 404 g/mol. The fourth-order valence-corrected chi connectivity index (χ4v) is 3.50. The molecule has 1 heterocycles. The summed E-state index contributed by atoms with van der Waals surface area (Å²) >= 11 is 6.05. The molecular weight excluding hydrogens is 383 g/mol. The first-order valence-corrected chi connectivity index (χ1v) is 9.47. The maximum Gasteiger partial charge on any atom is 0.313 e. The van der Waals surface area contributed by atoms with E-state index in [4.69, 9.17) is 16.3 Å². The van der Waals surface area contributed by atoms with Crippen LogP contribution in [0.1, 0.15) is 24.0 Å². The molecule has 1 saturated heterocycles. The number of hydrogen-bond donors (Lipinski definition) is 2. The van der Waals surface area contributed by atoms with Gasteiger partial charge in [-0.25, -0.2) is 4.39 Å². The van der Waals surface area contributed by atoms with E-state index in [0.29, 0.717) is 36.8 Å². The molecule has 3 rings (SSSR count). The molecule has 5 nitrogen and oxygen atoms in total. The van der Waals surface area contributed by atoms with Gasteiger partial charge in [0.1, 0.15) is 5.82 Å². The molecule has 0 unspecified atom stereocenters. The quantitative estimate of drug-likeness (QED) is 0.765. The number of carbonyl (C=O) groups is 2. The Hall–Kier alpha value is -2.44.